The molecule has 0 N–H and O–H groups in total. The Hall–Kier alpha value is -2.99. The molecular weight excluding hydrogens is 480 g/mol. The summed E-state index contributed by atoms with van der Waals surface area (Å²) < 4.78 is 11.8. The minimum absolute atomic E-state index is 0.425. The van der Waals surface area contributed by atoms with Crippen LogP contribution in [0.5, 0.6) is 11.5 Å². The van der Waals surface area contributed by atoms with E-state index in [1.165, 1.54) is 18.4 Å². The lowest BCUT2D eigenvalue weighted by Gasteiger charge is -2.08. The number of ether oxygens (including phenoxy) is 2. The van der Waals surface area contributed by atoms with Crippen LogP contribution < -0.4 is 9.47 Å². The molecule has 0 heterocycles. The molecule has 5 nitrogen and oxygen atoms in total. The number of carbonyl (C=O) groups excluding carboxylic acids is 1. The van der Waals surface area contributed by atoms with Gasteiger partial charge in [0.25, 0.3) is 0 Å². The number of unbranched alkanes of at least 4 members (excludes halogenated alkanes) is 2. The molecule has 0 aliphatic carbocycles. The smallest absolute Gasteiger partial charge is 0.343 e. The van der Waals surface area contributed by atoms with Gasteiger partial charge in [-0.1, -0.05) is 38.8 Å². The van der Waals surface area contributed by atoms with Crippen molar-refractivity contribution in [2.75, 3.05) is 6.61 Å². The molecule has 0 bridgehead atoms. The van der Waals surface area contributed by atoms with Gasteiger partial charge in [0.2, 0.25) is 0 Å². The quantitative estimate of drug-likeness (QED) is 0.113. The molecular formula is C27H29BrN2O3. The second-order valence-electron chi connectivity index (χ2n) is 7.70. The zero-order valence-corrected chi connectivity index (χ0v) is 20.7. The van der Waals surface area contributed by atoms with Gasteiger partial charge in [0.15, 0.2) is 0 Å². The largest absolute Gasteiger partial charge is 0.494 e. The fourth-order valence-corrected chi connectivity index (χ4v) is 3.48. The monoisotopic (exact) mass is 508 g/mol. The number of halogens is 1. The van der Waals surface area contributed by atoms with E-state index < -0.39 is 5.97 Å². The van der Waals surface area contributed by atoms with Gasteiger partial charge in [-0.25, -0.2) is 4.79 Å². The lowest BCUT2D eigenvalue weighted by Crippen LogP contribution is -2.08. The van der Waals surface area contributed by atoms with Crippen molar-refractivity contribution < 1.29 is 14.3 Å². The number of nitrogens with zero attached hydrogens (tertiary/aromatic N) is 2. The van der Waals surface area contributed by atoms with Crippen LogP contribution in [0.2, 0.25) is 0 Å². The molecule has 0 saturated carbocycles. The van der Waals surface area contributed by atoms with Crippen molar-refractivity contribution in [1.82, 2.24) is 0 Å². The molecule has 3 aromatic rings. The van der Waals surface area contributed by atoms with Gasteiger partial charge in [0.05, 0.1) is 17.9 Å². The van der Waals surface area contributed by atoms with Crippen molar-refractivity contribution in [3.63, 3.8) is 0 Å². The molecule has 0 unspecified atom stereocenters. The van der Waals surface area contributed by atoms with E-state index >= 15 is 0 Å². The van der Waals surface area contributed by atoms with E-state index in [0.717, 1.165) is 30.7 Å². The second kappa shape index (κ2) is 12.9. The molecule has 3 aromatic carbocycles. The first-order valence-corrected chi connectivity index (χ1v) is 12.1. The van der Waals surface area contributed by atoms with Crippen LogP contribution in [0, 0.1) is 0 Å². The zero-order valence-electron chi connectivity index (χ0n) is 19.1. The van der Waals surface area contributed by atoms with Crippen LogP contribution in [-0.2, 0) is 6.42 Å². The Morgan fingerprint density at radius 3 is 2.21 bits per heavy atom. The van der Waals surface area contributed by atoms with Gasteiger partial charge in [0.1, 0.15) is 17.2 Å². The summed E-state index contributed by atoms with van der Waals surface area (Å²) in [6, 6.07) is 20.3. The van der Waals surface area contributed by atoms with Gasteiger partial charge in [-0.2, -0.15) is 5.11 Å². The Balaban J connectivity index is 1.58. The molecule has 0 aliphatic rings. The molecule has 0 saturated heterocycles. The number of benzene rings is 3. The molecule has 6 heteroatoms. The highest BCUT2D eigenvalue weighted by Gasteiger charge is 2.10. The van der Waals surface area contributed by atoms with E-state index in [0.29, 0.717) is 28.1 Å². The average molecular weight is 509 g/mol. The van der Waals surface area contributed by atoms with E-state index in [4.69, 9.17) is 9.47 Å². The average Bonchev–Trinajstić information content (AvgIpc) is 2.83. The third-order valence-electron chi connectivity index (χ3n) is 5.01. The van der Waals surface area contributed by atoms with Gasteiger partial charge >= 0.3 is 5.97 Å². The van der Waals surface area contributed by atoms with E-state index in [1.807, 2.05) is 12.1 Å². The molecule has 0 spiro atoms. The Bertz CT molecular complexity index is 1060. The van der Waals surface area contributed by atoms with E-state index in [9.17, 15) is 4.79 Å². The van der Waals surface area contributed by atoms with E-state index in [2.05, 4.69) is 52.1 Å². The predicted octanol–water partition coefficient (Wildman–Crippen LogP) is 8.61. The fourth-order valence-electron chi connectivity index (χ4n) is 3.04. The highest BCUT2D eigenvalue weighted by Crippen LogP contribution is 2.31. The molecule has 3 rings (SSSR count). The standard InChI is InChI=1S/C27H29BrN2O3/c1-3-5-7-20-8-12-22(13-9-20)29-30-26-17-16-24(19-25(26)28)33-27(31)21-10-14-23(15-11-21)32-18-6-4-2/h8-17,19H,3-7,18H2,1-2H3. The van der Waals surface area contributed by atoms with Crippen molar-refractivity contribution in [3.8, 4) is 11.5 Å². The van der Waals surface area contributed by atoms with Gasteiger partial charge in [-0.15, -0.1) is 5.11 Å². The number of rotatable bonds is 11. The van der Waals surface area contributed by atoms with Crippen molar-refractivity contribution in [1.29, 1.82) is 0 Å². The van der Waals surface area contributed by atoms with Crippen molar-refractivity contribution in [2.24, 2.45) is 10.2 Å². The number of azo groups is 1. The second-order valence-corrected chi connectivity index (χ2v) is 8.55. The molecule has 0 fully saturated rings. The number of hydrogen-bond donors (Lipinski definition) is 0. The van der Waals surface area contributed by atoms with E-state index in [-0.39, 0.29) is 0 Å². The summed E-state index contributed by atoms with van der Waals surface area (Å²) in [5.41, 5.74) is 3.21. The van der Waals surface area contributed by atoms with Crippen molar-refractivity contribution in [2.45, 2.75) is 46.0 Å². The summed E-state index contributed by atoms with van der Waals surface area (Å²) in [5.74, 6) is 0.738. The van der Waals surface area contributed by atoms with Crippen molar-refractivity contribution in [3.05, 3.63) is 82.3 Å². The summed E-state index contributed by atoms with van der Waals surface area (Å²) >= 11 is 3.48. The Morgan fingerprint density at radius 1 is 0.848 bits per heavy atom. The maximum Gasteiger partial charge on any atom is 0.343 e. The van der Waals surface area contributed by atoms with Crippen LogP contribution in [0.4, 0.5) is 11.4 Å². The van der Waals surface area contributed by atoms with Gasteiger partial charge in [-0.05, 0) is 95.4 Å². The Kier molecular flexibility index (Phi) is 9.63. The van der Waals surface area contributed by atoms with Crippen LogP contribution in [-0.4, -0.2) is 12.6 Å². The Morgan fingerprint density at radius 2 is 1.55 bits per heavy atom. The first kappa shape index (κ1) is 24.6. The lowest BCUT2D eigenvalue weighted by atomic mass is 10.1. The molecule has 0 amide bonds. The molecule has 0 aliphatic heterocycles. The SMILES string of the molecule is CCCCOc1ccc(C(=O)Oc2ccc(N=Nc3ccc(CCCC)cc3)c(Br)c2)cc1. The molecule has 0 radical (unpaired) electrons. The summed E-state index contributed by atoms with van der Waals surface area (Å²) in [5, 5.41) is 8.62. The minimum atomic E-state index is -0.431. The van der Waals surface area contributed by atoms with Crippen LogP contribution in [0.1, 0.15) is 55.5 Å². The summed E-state index contributed by atoms with van der Waals surface area (Å²) in [6.45, 7) is 4.97. The minimum Gasteiger partial charge on any atom is -0.494 e. The van der Waals surface area contributed by atoms with Gasteiger partial charge in [0, 0.05) is 4.47 Å². The normalized spacial score (nSPS) is 11.0. The number of hydrogen-bond acceptors (Lipinski definition) is 5. The molecule has 0 atom stereocenters. The predicted molar refractivity (Wildman–Crippen MR) is 135 cm³/mol. The topological polar surface area (TPSA) is 60.2 Å². The number of aryl methyl sites for hydroxylation is 1. The maximum absolute atomic E-state index is 12.5. The maximum atomic E-state index is 12.5. The number of carbonyl (C=O) groups is 1. The number of esters is 1. The molecule has 0 aromatic heterocycles. The summed E-state index contributed by atoms with van der Waals surface area (Å²) in [4.78, 5) is 12.5. The van der Waals surface area contributed by atoms with Crippen LogP contribution in [0.25, 0.3) is 0 Å². The van der Waals surface area contributed by atoms with Crippen LogP contribution >= 0.6 is 15.9 Å². The van der Waals surface area contributed by atoms with Gasteiger partial charge in [-0.3, -0.25) is 0 Å². The van der Waals surface area contributed by atoms with E-state index in [1.54, 1.807) is 42.5 Å². The first-order valence-electron chi connectivity index (χ1n) is 11.3. The Labute approximate surface area is 204 Å². The summed E-state index contributed by atoms with van der Waals surface area (Å²) in [7, 11) is 0. The zero-order chi connectivity index (χ0) is 23.5. The van der Waals surface area contributed by atoms with Crippen LogP contribution in [0.3, 0.4) is 0 Å². The van der Waals surface area contributed by atoms with Crippen molar-refractivity contribution >= 4 is 33.3 Å². The third-order valence-corrected chi connectivity index (χ3v) is 5.65. The third kappa shape index (κ3) is 7.82. The fraction of sp³-hybridized carbons (Fsp3) is 0.296. The molecule has 172 valence electrons. The lowest BCUT2D eigenvalue weighted by molar-refractivity contribution is 0.0734. The first-order chi connectivity index (χ1) is 16.1. The molecule has 33 heavy (non-hydrogen) atoms. The van der Waals surface area contributed by atoms with Gasteiger partial charge < -0.3 is 9.47 Å². The van der Waals surface area contributed by atoms with Crippen LogP contribution in [0.15, 0.2) is 81.4 Å². The summed E-state index contributed by atoms with van der Waals surface area (Å²) in [6.07, 6.45) is 5.52. The highest BCUT2D eigenvalue weighted by molar-refractivity contribution is 9.10. The highest BCUT2D eigenvalue weighted by atomic mass is 79.9.